The van der Waals surface area contributed by atoms with E-state index in [9.17, 15) is 0 Å². The van der Waals surface area contributed by atoms with Crippen LogP contribution in [-0.4, -0.2) is 79.4 Å². The lowest BCUT2D eigenvalue weighted by molar-refractivity contribution is -0.0817. The normalized spacial score (nSPS) is 22.6. The third kappa shape index (κ3) is 6.28. The summed E-state index contributed by atoms with van der Waals surface area (Å²) in [5.41, 5.74) is 3.39. The number of hydrogen-bond acceptors (Lipinski definition) is 5. The lowest BCUT2D eigenvalue weighted by Gasteiger charge is -2.37. The highest BCUT2D eigenvalue weighted by Crippen LogP contribution is 2.21. The second-order valence-electron chi connectivity index (χ2n) is 7.44. The first-order valence-corrected chi connectivity index (χ1v) is 10.4. The van der Waals surface area contributed by atoms with E-state index in [4.69, 9.17) is 19.2 Å². The Balaban J connectivity index is 0.00000300. The minimum atomic E-state index is 0. The molecule has 166 valence electrons. The van der Waals surface area contributed by atoms with Gasteiger partial charge in [-0.2, -0.15) is 5.10 Å². The van der Waals surface area contributed by atoms with E-state index in [0.29, 0.717) is 19.8 Å². The molecule has 2 atom stereocenters. The molecule has 0 radical (unpaired) electrons. The summed E-state index contributed by atoms with van der Waals surface area (Å²) >= 11 is 0. The van der Waals surface area contributed by atoms with E-state index in [1.165, 1.54) is 5.56 Å². The minimum absolute atomic E-state index is 0. The molecule has 3 rings (SSSR count). The van der Waals surface area contributed by atoms with Gasteiger partial charge in [-0.05, 0) is 33.6 Å². The first kappa shape index (κ1) is 24.4. The van der Waals surface area contributed by atoms with Crippen molar-refractivity contribution in [2.24, 2.45) is 4.99 Å². The number of ether oxygens (including phenoxy) is 3. The van der Waals surface area contributed by atoms with E-state index in [1.54, 1.807) is 7.11 Å². The molecular formula is C20H36IN5O3. The molecule has 0 bridgehead atoms. The van der Waals surface area contributed by atoms with E-state index in [1.807, 2.05) is 4.68 Å². The third-order valence-electron chi connectivity index (χ3n) is 5.53. The van der Waals surface area contributed by atoms with Crippen LogP contribution in [0.4, 0.5) is 0 Å². The number of aryl methyl sites for hydroxylation is 1. The van der Waals surface area contributed by atoms with Crippen LogP contribution in [0.15, 0.2) is 4.99 Å². The fourth-order valence-corrected chi connectivity index (χ4v) is 3.93. The SMILES string of the molecule is CCNC(=NCc1c(C)nn(CCOC)c1C)N1CCOC(C2CCCO2)C1.I. The molecule has 2 saturated heterocycles. The largest absolute Gasteiger partial charge is 0.383 e. The zero-order chi connectivity index (χ0) is 19.9. The zero-order valence-electron chi connectivity index (χ0n) is 18.1. The topological polar surface area (TPSA) is 73.1 Å². The molecule has 0 saturated carbocycles. The quantitative estimate of drug-likeness (QED) is 0.337. The molecule has 1 aromatic rings. The number of aliphatic imine (C=N–C) groups is 1. The number of nitrogens with one attached hydrogen (secondary N) is 1. The standard InChI is InChI=1S/C20H35N5O3.HI/c1-5-21-20(24-8-12-28-19(14-24)18-7-6-10-27-18)22-13-17-15(2)23-25(16(17)3)9-11-26-4;/h18-19H,5-14H2,1-4H3,(H,21,22);1H. The Hall–Kier alpha value is -0.910. The second kappa shape index (κ2) is 12.1. The third-order valence-corrected chi connectivity index (χ3v) is 5.53. The van der Waals surface area contributed by atoms with Crippen molar-refractivity contribution < 1.29 is 14.2 Å². The summed E-state index contributed by atoms with van der Waals surface area (Å²) in [6, 6.07) is 0. The van der Waals surface area contributed by atoms with E-state index >= 15 is 0 Å². The Morgan fingerprint density at radius 3 is 2.76 bits per heavy atom. The maximum absolute atomic E-state index is 5.99. The molecule has 0 aromatic carbocycles. The van der Waals surface area contributed by atoms with Gasteiger partial charge in [-0.15, -0.1) is 24.0 Å². The Morgan fingerprint density at radius 2 is 2.07 bits per heavy atom. The summed E-state index contributed by atoms with van der Waals surface area (Å²) in [6.07, 6.45) is 2.56. The van der Waals surface area contributed by atoms with Gasteiger partial charge in [0.15, 0.2) is 5.96 Å². The Kier molecular flexibility index (Phi) is 10.1. The molecule has 0 spiro atoms. The van der Waals surface area contributed by atoms with Crippen molar-refractivity contribution in [2.45, 2.75) is 58.9 Å². The summed E-state index contributed by atoms with van der Waals surface area (Å²) in [5, 5.41) is 8.09. The summed E-state index contributed by atoms with van der Waals surface area (Å²) < 4.78 is 19.0. The summed E-state index contributed by atoms with van der Waals surface area (Å²) in [7, 11) is 1.71. The van der Waals surface area contributed by atoms with Crippen molar-refractivity contribution in [3.63, 3.8) is 0 Å². The molecule has 9 heteroatoms. The van der Waals surface area contributed by atoms with Gasteiger partial charge < -0.3 is 24.4 Å². The van der Waals surface area contributed by atoms with Gasteiger partial charge in [0.25, 0.3) is 0 Å². The molecule has 29 heavy (non-hydrogen) atoms. The summed E-state index contributed by atoms with van der Waals surface area (Å²) in [5.74, 6) is 0.942. The fraction of sp³-hybridized carbons (Fsp3) is 0.800. The van der Waals surface area contributed by atoms with Crippen molar-refractivity contribution in [1.82, 2.24) is 20.0 Å². The number of morpholine rings is 1. The smallest absolute Gasteiger partial charge is 0.194 e. The van der Waals surface area contributed by atoms with Gasteiger partial charge in [0.05, 0.1) is 38.1 Å². The van der Waals surface area contributed by atoms with Crippen LogP contribution >= 0.6 is 24.0 Å². The number of rotatable bonds is 7. The van der Waals surface area contributed by atoms with E-state index in [2.05, 4.69) is 36.1 Å². The van der Waals surface area contributed by atoms with Gasteiger partial charge in [0, 0.05) is 44.6 Å². The predicted octanol–water partition coefficient (Wildman–Crippen LogP) is 2.11. The zero-order valence-corrected chi connectivity index (χ0v) is 20.5. The average Bonchev–Trinajstić information content (AvgIpc) is 3.33. The van der Waals surface area contributed by atoms with Gasteiger partial charge in [0.2, 0.25) is 0 Å². The number of nitrogens with zero attached hydrogens (tertiary/aromatic N) is 4. The monoisotopic (exact) mass is 521 g/mol. The van der Waals surface area contributed by atoms with Crippen LogP contribution in [0.2, 0.25) is 0 Å². The van der Waals surface area contributed by atoms with Crippen LogP contribution in [-0.2, 0) is 27.3 Å². The van der Waals surface area contributed by atoms with Gasteiger partial charge in [-0.3, -0.25) is 4.68 Å². The van der Waals surface area contributed by atoms with E-state index in [0.717, 1.165) is 63.0 Å². The van der Waals surface area contributed by atoms with E-state index in [-0.39, 0.29) is 36.2 Å². The van der Waals surface area contributed by atoms with Crippen molar-refractivity contribution in [3.05, 3.63) is 17.0 Å². The van der Waals surface area contributed by atoms with Crippen molar-refractivity contribution >= 4 is 29.9 Å². The number of guanidine groups is 1. The van der Waals surface area contributed by atoms with Gasteiger partial charge >= 0.3 is 0 Å². The first-order valence-electron chi connectivity index (χ1n) is 10.4. The first-order chi connectivity index (χ1) is 13.6. The lowest BCUT2D eigenvalue weighted by Crippen LogP contribution is -2.53. The van der Waals surface area contributed by atoms with Crippen LogP contribution in [0.5, 0.6) is 0 Å². The van der Waals surface area contributed by atoms with Crippen molar-refractivity contribution in [3.8, 4) is 0 Å². The van der Waals surface area contributed by atoms with Crippen LogP contribution in [0.3, 0.4) is 0 Å². The summed E-state index contributed by atoms with van der Waals surface area (Å²) in [6.45, 7) is 12.4. The maximum Gasteiger partial charge on any atom is 0.194 e. The van der Waals surface area contributed by atoms with Crippen LogP contribution < -0.4 is 5.32 Å². The molecular weight excluding hydrogens is 485 g/mol. The molecule has 1 N–H and O–H groups in total. The number of methoxy groups -OCH3 is 1. The highest BCUT2D eigenvalue weighted by atomic mass is 127. The van der Waals surface area contributed by atoms with E-state index < -0.39 is 0 Å². The number of halogens is 1. The molecule has 1 aromatic heterocycles. The average molecular weight is 521 g/mol. The maximum atomic E-state index is 5.99. The molecule has 2 aliphatic rings. The molecule has 0 aliphatic carbocycles. The molecule has 2 fully saturated rings. The Bertz CT molecular complexity index is 661. The van der Waals surface area contributed by atoms with Crippen LogP contribution in [0.1, 0.15) is 36.7 Å². The number of hydrogen-bond donors (Lipinski definition) is 1. The highest BCUT2D eigenvalue weighted by molar-refractivity contribution is 14.0. The molecule has 2 unspecified atom stereocenters. The molecule has 3 heterocycles. The highest BCUT2D eigenvalue weighted by Gasteiger charge is 2.32. The Labute approximate surface area is 191 Å². The van der Waals surface area contributed by atoms with Gasteiger partial charge in [-0.25, -0.2) is 4.99 Å². The molecule has 8 nitrogen and oxygen atoms in total. The summed E-state index contributed by atoms with van der Waals surface area (Å²) in [4.78, 5) is 7.24. The lowest BCUT2D eigenvalue weighted by atomic mass is 10.1. The van der Waals surface area contributed by atoms with Crippen LogP contribution in [0, 0.1) is 13.8 Å². The fourth-order valence-electron chi connectivity index (χ4n) is 3.93. The van der Waals surface area contributed by atoms with Crippen LogP contribution in [0.25, 0.3) is 0 Å². The molecule has 0 amide bonds. The molecule has 2 aliphatic heterocycles. The van der Waals surface area contributed by atoms with Gasteiger partial charge in [0.1, 0.15) is 6.10 Å². The van der Waals surface area contributed by atoms with Crippen molar-refractivity contribution in [1.29, 1.82) is 0 Å². The minimum Gasteiger partial charge on any atom is -0.383 e. The van der Waals surface area contributed by atoms with Gasteiger partial charge in [-0.1, -0.05) is 0 Å². The van der Waals surface area contributed by atoms with Crippen molar-refractivity contribution in [2.75, 3.05) is 46.6 Å². The number of aromatic nitrogens is 2. The Morgan fingerprint density at radius 1 is 1.28 bits per heavy atom. The predicted molar refractivity (Wildman–Crippen MR) is 124 cm³/mol. The second-order valence-corrected chi connectivity index (χ2v) is 7.44.